The molecular weight excluding hydrogens is 441 g/mol. The van der Waals surface area contributed by atoms with Crippen molar-refractivity contribution in [3.63, 3.8) is 0 Å². The van der Waals surface area contributed by atoms with Gasteiger partial charge in [-0.3, -0.25) is 9.89 Å². The molecule has 2 rings (SSSR count). The molecule has 1 aromatic carbocycles. The summed E-state index contributed by atoms with van der Waals surface area (Å²) >= 11 is 0. The van der Waals surface area contributed by atoms with E-state index in [-0.39, 0.29) is 30.1 Å². The fourth-order valence-electron chi connectivity index (χ4n) is 2.94. The van der Waals surface area contributed by atoms with E-state index in [1.807, 2.05) is 18.2 Å². The Kier molecular flexibility index (Phi) is 10.3. The highest BCUT2D eigenvalue weighted by Gasteiger charge is 2.22. The van der Waals surface area contributed by atoms with Crippen LogP contribution in [0.5, 0.6) is 5.75 Å². The number of aliphatic imine (C=N–C) groups is 1. The predicted molar refractivity (Wildman–Crippen MR) is 120 cm³/mol. The Morgan fingerprint density at radius 3 is 2.69 bits per heavy atom. The van der Waals surface area contributed by atoms with Gasteiger partial charge in [0.15, 0.2) is 5.96 Å². The van der Waals surface area contributed by atoms with Gasteiger partial charge in [-0.05, 0) is 39.6 Å². The van der Waals surface area contributed by atoms with Crippen LogP contribution in [0.25, 0.3) is 0 Å². The van der Waals surface area contributed by atoms with E-state index in [1.54, 1.807) is 7.05 Å². The monoisotopic (exact) mass is 475 g/mol. The molecule has 1 saturated heterocycles. The van der Waals surface area contributed by atoms with Crippen LogP contribution >= 0.6 is 24.0 Å². The van der Waals surface area contributed by atoms with Gasteiger partial charge in [-0.25, -0.2) is 0 Å². The summed E-state index contributed by atoms with van der Waals surface area (Å²) in [5.41, 5.74) is 1.15. The number of aryl methyl sites for hydroxylation is 1. The Morgan fingerprint density at radius 2 is 2.00 bits per heavy atom. The molecule has 2 atom stereocenters. The number of benzene rings is 1. The second-order valence-electron chi connectivity index (χ2n) is 6.92. The topological polar surface area (TPSA) is 52.1 Å². The predicted octanol–water partition coefficient (Wildman–Crippen LogP) is 1.79. The van der Waals surface area contributed by atoms with Crippen LogP contribution in [-0.4, -0.2) is 81.8 Å². The van der Waals surface area contributed by atoms with Crippen molar-refractivity contribution < 1.29 is 4.74 Å². The first-order chi connectivity index (χ1) is 12.0. The number of halogens is 1. The lowest BCUT2D eigenvalue weighted by Gasteiger charge is -2.38. The number of guanidine groups is 1. The Bertz CT molecular complexity index is 569. The van der Waals surface area contributed by atoms with Gasteiger partial charge in [0.05, 0.1) is 6.54 Å². The maximum atomic E-state index is 6.01. The van der Waals surface area contributed by atoms with Crippen molar-refractivity contribution in [3.05, 3.63) is 29.8 Å². The Hall–Kier alpha value is -1.06. The average molecular weight is 475 g/mol. The zero-order chi connectivity index (χ0) is 18.2. The van der Waals surface area contributed by atoms with Gasteiger partial charge < -0.3 is 20.3 Å². The summed E-state index contributed by atoms with van der Waals surface area (Å²) in [6, 6.07) is 8.59. The number of nitrogens with one attached hydrogen (secondary N) is 2. The fourth-order valence-corrected chi connectivity index (χ4v) is 2.94. The highest BCUT2D eigenvalue weighted by Crippen LogP contribution is 2.17. The van der Waals surface area contributed by atoms with Crippen molar-refractivity contribution in [1.82, 2.24) is 20.4 Å². The summed E-state index contributed by atoms with van der Waals surface area (Å²) in [7, 11) is 6.17. The lowest BCUT2D eigenvalue weighted by atomic mass is 10.2. The largest absolute Gasteiger partial charge is 0.489 e. The Morgan fingerprint density at radius 1 is 1.27 bits per heavy atom. The van der Waals surface area contributed by atoms with Gasteiger partial charge in [-0.2, -0.15) is 0 Å². The molecule has 1 aliphatic rings. The summed E-state index contributed by atoms with van der Waals surface area (Å²) < 4.78 is 6.01. The second kappa shape index (κ2) is 11.6. The first-order valence-electron chi connectivity index (χ1n) is 9.05. The van der Waals surface area contributed by atoms with Crippen molar-refractivity contribution in [2.75, 3.05) is 53.9 Å². The third-order valence-corrected chi connectivity index (χ3v) is 4.69. The summed E-state index contributed by atoms with van der Waals surface area (Å²) in [5, 5.41) is 6.79. The van der Waals surface area contributed by atoms with Crippen LogP contribution in [0.3, 0.4) is 0 Å². The van der Waals surface area contributed by atoms with Crippen LogP contribution in [0.4, 0.5) is 0 Å². The van der Waals surface area contributed by atoms with Crippen LogP contribution < -0.4 is 15.4 Å². The van der Waals surface area contributed by atoms with E-state index < -0.39 is 0 Å². The van der Waals surface area contributed by atoms with E-state index in [9.17, 15) is 0 Å². The highest BCUT2D eigenvalue weighted by atomic mass is 127. The molecule has 0 bridgehead atoms. The average Bonchev–Trinajstić information content (AvgIpc) is 2.60. The van der Waals surface area contributed by atoms with E-state index in [1.165, 1.54) is 0 Å². The van der Waals surface area contributed by atoms with Crippen molar-refractivity contribution in [2.24, 2.45) is 4.99 Å². The van der Waals surface area contributed by atoms with Crippen LogP contribution in [0.1, 0.15) is 12.5 Å². The molecule has 0 aromatic heterocycles. The number of rotatable bonds is 6. The Balaban J connectivity index is 0.00000338. The number of piperazine rings is 1. The molecule has 0 amide bonds. The minimum atomic E-state index is 0. The molecule has 1 aromatic rings. The van der Waals surface area contributed by atoms with E-state index in [0.717, 1.165) is 43.5 Å². The smallest absolute Gasteiger partial charge is 0.191 e. The van der Waals surface area contributed by atoms with Crippen LogP contribution in [-0.2, 0) is 0 Å². The van der Waals surface area contributed by atoms with Gasteiger partial charge in [0, 0.05) is 39.3 Å². The van der Waals surface area contributed by atoms with E-state index in [0.29, 0.717) is 12.6 Å². The first kappa shape index (κ1) is 23.0. The van der Waals surface area contributed by atoms with Gasteiger partial charge in [-0.1, -0.05) is 18.2 Å². The molecule has 0 saturated carbocycles. The zero-order valence-corrected chi connectivity index (χ0v) is 19.0. The third kappa shape index (κ3) is 7.28. The molecule has 2 unspecified atom stereocenters. The minimum Gasteiger partial charge on any atom is -0.489 e. The quantitative estimate of drug-likeness (QED) is 0.374. The third-order valence-electron chi connectivity index (χ3n) is 4.69. The van der Waals surface area contributed by atoms with E-state index in [4.69, 9.17) is 4.74 Å². The second-order valence-corrected chi connectivity index (χ2v) is 6.92. The number of hydrogen-bond donors (Lipinski definition) is 2. The molecule has 0 radical (unpaired) electrons. The highest BCUT2D eigenvalue weighted by molar-refractivity contribution is 14.0. The number of para-hydroxylation sites is 1. The van der Waals surface area contributed by atoms with Gasteiger partial charge in [0.25, 0.3) is 0 Å². The van der Waals surface area contributed by atoms with Crippen molar-refractivity contribution in [3.8, 4) is 5.75 Å². The molecule has 0 spiro atoms. The lowest BCUT2D eigenvalue weighted by molar-refractivity contribution is 0.116. The number of ether oxygens (including phenoxy) is 1. The standard InChI is InChI=1S/C19H33N5O.HI/c1-15-8-6-7-9-18(15)25-16(2)12-21-19(20-3)22-13-17-14-23(4)10-11-24(17)5;/h6-9,16-17H,10-14H2,1-5H3,(H2,20,21,22);1H. The van der Waals surface area contributed by atoms with E-state index >= 15 is 0 Å². The fraction of sp³-hybridized carbons (Fsp3) is 0.632. The van der Waals surface area contributed by atoms with Crippen LogP contribution in [0.15, 0.2) is 29.3 Å². The molecule has 6 nitrogen and oxygen atoms in total. The van der Waals surface area contributed by atoms with Gasteiger partial charge in [0.1, 0.15) is 11.9 Å². The molecule has 1 fully saturated rings. The Labute approximate surface area is 175 Å². The molecule has 148 valence electrons. The molecular formula is C19H34IN5O. The van der Waals surface area contributed by atoms with Crippen molar-refractivity contribution in [1.29, 1.82) is 0 Å². The molecule has 1 aliphatic heterocycles. The normalized spacial score (nSPS) is 20.2. The summed E-state index contributed by atoms with van der Waals surface area (Å²) in [4.78, 5) is 9.10. The molecule has 2 N–H and O–H groups in total. The summed E-state index contributed by atoms with van der Waals surface area (Å²) in [6.45, 7) is 9.03. The number of nitrogens with zero attached hydrogens (tertiary/aromatic N) is 3. The number of likely N-dealkylation sites (N-methyl/N-ethyl adjacent to an activating group) is 2. The molecule has 1 heterocycles. The molecule has 7 heteroatoms. The van der Waals surface area contributed by atoms with Crippen molar-refractivity contribution in [2.45, 2.75) is 26.0 Å². The summed E-state index contributed by atoms with van der Waals surface area (Å²) in [5.74, 6) is 1.76. The van der Waals surface area contributed by atoms with Gasteiger partial charge in [-0.15, -0.1) is 24.0 Å². The van der Waals surface area contributed by atoms with Crippen LogP contribution in [0, 0.1) is 6.92 Å². The maximum Gasteiger partial charge on any atom is 0.191 e. The van der Waals surface area contributed by atoms with E-state index in [2.05, 4.69) is 59.4 Å². The maximum absolute atomic E-state index is 6.01. The van der Waals surface area contributed by atoms with Gasteiger partial charge in [0.2, 0.25) is 0 Å². The minimum absolute atomic E-state index is 0. The molecule has 0 aliphatic carbocycles. The zero-order valence-electron chi connectivity index (χ0n) is 16.7. The molecule has 26 heavy (non-hydrogen) atoms. The van der Waals surface area contributed by atoms with Gasteiger partial charge >= 0.3 is 0 Å². The van der Waals surface area contributed by atoms with Crippen molar-refractivity contribution >= 4 is 29.9 Å². The lowest BCUT2D eigenvalue weighted by Crippen LogP contribution is -2.55. The summed E-state index contributed by atoms with van der Waals surface area (Å²) in [6.07, 6.45) is 0.0585. The first-order valence-corrected chi connectivity index (χ1v) is 9.05. The SMILES string of the molecule is CN=C(NCC(C)Oc1ccccc1C)NCC1CN(C)CCN1C.I. The number of hydrogen-bond acceptors (Lipinski definition) is 4. The van der Waals surface area contributed by atoms with Crippen LogP contribution in [0.2, 0.25) is 0 Å².